The Morgan fingerprint density at radius 1 is 1.00 bits per heavy atom. The number of fused-ring (bicyclic) bond motifs is 4. The van der Waals surface area contributed by atoms with Crippen molar-refractivity contribution in [3.8, 4) is 29.0 Å². The molecule has 244 valence electrons. The van der Waals surface area contributed by atoms with E-state index in [9.17, 15) is 4.79 Å². The highest BCUT2D eigenvalue weighted by atomic mass is 16.5. The van der Waals surface area contributed by atoms with Crippen LogP contribution in [0.4, 0.5) is 0 Å². The van der Waals surface area contributed by atoms with Crippen molar-refractivity contribution in [1.82, 2.24) is 38.8 Å². The van der Waals surface area contributed by atoms with Gasteiger partial charge in [-0.25, -0.2) is 14.6 Å². The van der Waals surface area contributed by atoms with Gasteiger partial charge >= 0.3 is 0 Å². The van der Waals surface area contributed by atoms with Crippen LogP contribution in [0.2, 0.25) is 0 Å². The molecule has 2 unspecified atom stereocenters. The number of hydrogen-bond acceptors (Lipinski definition) is 8. The quantitative estimate of drug-likeness (QED) is 0.241. The molecular weight excluding hydrogens is 606 g/mol. The number of nitrogens with two attached hydrogens (primary N) is 1. The van der Waals surface area contributed by atoms with Crippen LogP contribution in [0.3, 0.4) is 0 Å². The van der Waals surface area contributed by atoms with Crippen molar-refractivity contribution in [1.29, 1.82) is 0 Å². The lowest BCUT2D eigenvalue weighted by Crippen LogP contribution is -2.41. The molecule has 2 aliphatic carbocycles. The molecule has 2 N–H and O–H groups in total. The predicted molar refractivity (Wildman–Crippen MR) is 180 cm³/mol. The Bertz CT molecular complexity index is 2200. The fraction of sp³-hybridized carbons (Fsp3) is 0.361. The first-order valence-corrected chi connectivity index (χ1v) is 16.6. The van der Waals surface area contributed by atoms with Crippen molar-refractivity contribution in [3.05, 3.63) is 78.2 Å². The second-order valence-corrected chi connectivity index (χ2v) is 13.3. The third kappa shape index (κ3) is 4.73. The van der Waals surface area contributed by atoms with Crippen molar-refractivity contribution in [2.45, 2.75) is 50.9 Å². The van der Waals surface area contributed by atoms with Crippen LogP contribution in [0.5, 0.6) is 11.6 Å². The molecular formula is C36H37N9O3. The van der Waals surface area contributed by atoms with E-state index >= 15 is 0 Å². The van der Waals surface area contributed by atoms with Crippen LogP contribution < -0.4 is 15.2 Å². The number of benzene rings is 1. The average Bonchev–Trinajstić information content (AvgIpc) is 3.43. The van der Waals surface area contributed by atoms with Crippen LogP contribution in [-0.4, -0.2) is 77.5 Å². The zero-order valence-corrected chi connectivity index (χ0v) is 27.0. The van der Waals surface area contributed by atoms with Gasteiger partial charge in [0.1, 0.15) is 16.9 Å². The van der Waals surface area contributed by atoms with Gasteiger partial charge in [-0.05, 0) is 73.9 Å². The third-order valence-corrected chi connectivity index (χ3v) is 10.3. The molecule has 48 heavy (non-hydrogen) atoms. The lowest BCUT2D eigenvalue weighted by molar-refractivity contribution is 0.0700. The van der Waals surface area contributed by atoms with E-state index in [1.165, 1.54) is 12.8 Å². The van der Waals surface area contributed by atoms with Crippen LogP contribution in [-0.2, 0) is 13.1 Å². The predicted octanol–water partition coefficient (Wildman–Crippen LogP) is 4.67. The summed E-state index contributed by atoms with van der Waals surface area (Å²) in [7, 11) is 3.25. The number of nitrogens with zero attached hydrogens (tertiary/aromatic N) is 8. The largest absolute Gasteiger partial charge is 0.494 e. The van der Waals surface area contributed by atoms with E-state index < -0.39 is 0 Å². The number of pyridine rings is 2. The minimum atomic E-state index is -0.0203. The topological polar surface area (TPSA) is 131 Å². The molecule has 2 saturated carbocycles. The van der Waals surface area contributed by atoms with Crippen molar-refractivity contribution in [2.75, 3.05) is 20.8 Å². The summed E-state index contributed by atoms with van der Waals surface area (Å²) in [5, 5.41) is 5.69. The highest BCUT2D eigenvalue weighted by Crippen LogP contribution is 2.40. The monoisotopic (exact) mass is 643 g/mol. The number of ether oxygens (including phenoxy) is 2. The minimum absolute atomic E-state index is 0.0203. The number of amides is 1. The van der Waals surface area contributed by atoms with Gasteiger partial charge in [0.05, 0.1) is 38.2 Å². The number of rotatable bonds is 9. The van der Waals surface area contributed by atoms with E-state index in [4.69, 9.17) is 25.2 Å². The molecule has 6 heterocycles. The number of piperidine rings is 1. The van der Waals surface area contributed by atoms with Crippen LogP contribution in [0.15, 0.2) is 67.1 Å². The van der Waals surface area contributed by atoms with E-state index in [0.717, 1.165) is 53.0 Å². The second kappa shape index (κ2) is 11.2. The molecule has 0 radical (unpaired) electrons. The lowest BCUT2D eigenvalue weighted by Gasteiger charge is -2.27. The van der Waals surface area contributed by atoms with Gasteiger partial charge in [-0.15, -0.1) is 0 Å². The maximum Gasteiger partial charge on any atom is 0.254 e. The Morgan fingerprint density at radius 3 is 2.67 bits per heavy atom. The summed E-state index contributed by atoms with van der Waals surface area (Å²) in [6.07, 6.45) is 10.1. The SMILES string of the molecule is COc1cccc(-n2cc(Cn3c(-c4cc5cccnc5n4CC4CC4)nc4cc(C(=O)N5CC6CCC5[C@@H]6N)cc(OC)c43)cn2)n1. The number of methoxy groups -OCH3 is 2. The zero-order valence-electron chi connectivity index (χ0n) is 27.0. The molecule has 1 aliphatic heterocycles. The van der Waals surface area contributed by atoms with Crippen molar-refractivity contribution in [2.24, 2.45) is 17.6 Å². The van der Waals surface area contributed by atoms with Crippen LogP contribution in [0.25, 0.3) is 39.4 Å². The van der Waals surface area contributed by atoms with Gasteiger partial charge in [0.15, 0.2) is 11.6 Å². The van der Waals surface area contributed by atoms with Gasteiger partial charge in [-0.3, -0.25) is 4.79 Å². The number of imidazole rings is 1. The highest BCUT2D eigenvalue weighted by molar-refractivity contribution is 6.00. The molecule has 1 aromatic carbocycles. The molecule has 2 bridgehead atoms. The van der Waals surface area contributed by atoms with Gasteiger partial charge in [0.2, 0.25) is 5.88 Å². The Kier molecular flexibility index (Phi) is 6.75. The normalized spacial score (nSPS) is 20.3. The molecule has 9 rings (SSSR count). The van der Waals surface area contributed by atoms with Gasteiger partial charge in [-0.2, -0.15) is 10.1 Å². The van der Waals surface area contributed by atoms with Crippen molar-refractivity contribution in [3.63, 3.8) is 0 Å². The molecule has 3 fully saturated rings. The van der Waals surface area contributed by atoms with E-state index in [1.54, 1.807) is 25.0 Å². The number of carbonyl (C=O) groups is 1. The van der Waals surface area contributed by atoms with E-state index in [-0.39, 0.29) is 18.0 Å². The number of hydrogen-bond donors (Lipinski definition) is 1. The lowest BCUT2D eigenvalue weighted by atomic mass is 10.1. The molecule has 6 aromatic rings. The first-order chi connectivity index (χ1) is 23.5. The number of carbonyl (C=O) groups excluding carboxylic acids is 1. The maximum atomic E-state index is 14.0. The molecule has 12 heteroatoms. The fourth-order valence-corrected chi connectivity index (χ4v) is 7.72. The molecule has 12 nitrogen and oxygen atoms in total. The summed E-state index contributed by atoms with van der Waals surface area (Å²) in [5.41, 5.74) is 11.4. The summed E-state index contributed by atoms with van der Waals surface area (Å²) in [6, 6.07) is 15.7. The summed E-state index contributed by atoms with van der Waals surface area (Å²) in [4.78, 5) is 30.5. The molecule has 3 atom stereocenters. The third-order valence-electron chi connectivity index (χ3n) is 10.3. The Morgan fingerprint density at radius 2 is 1.90 bits per heavy atom. The molecule has 3 aliphatic rings. The van der Waals surface area contributed by atoms with Gasteiger partial charge in [0, 0.05) is 60.1 Å². The second-order valence-electron chi connectivity index (χ2n) is 13.3. The van der Waals surface area contributed by atoms with E-state index in [1.807, 2.05) is 53.8 Å². The summed E-state index contributed by atoms with van der Waals surface area (Å²) in [5.74, 6) is 3.51. The summed E-state index contributed by atoms with van der Waals surface area (Å²) < 4.78 is 17.6. The van der Waals surface area contributed by atoms with Gasteiger partial charge in [0.25, 0.3) is 5.91 Å². The van der Waals surface area contributed by atoms with E-state index in [2.05, 4.69) is 31.3 Å². The highest BCUT2D eigenvalue weighted by Gasteiger charge is 2.47. The zero-order chi connectivity index (χ0) is 32.5. The minimum Gasteiger partial charge on any atom is -0.494 e. The Labute approximate surface area is 277 Å². The number of likely N-dealkylation sites (tertiary alicyclic amines) is 1. The number of aromatic nitrogens is 7. The maximum absolute atomic E-state index is 14.0. The first kappa shape index (κ1) is 29.0. The van der Waals surface area contributed by atoms with Crippen LogP contribution >= 0.6 is 0 Å². The molecule has 1 amide bonds. The standard InChI is InChI=1S/C36H37N9O3/c1-47-29-15-25(36(46)43-20-24-10-11-27(43)32(24)37)13-26-33(29)44(18-22-16-39-45(19-22)30-6-3-7-31(41-30)48-2)35(40-26)28-14-23-5-4-12-38-34(23)42(28)17-21-8-9-21/h3-7,12-16,19,21,24,27,32H,8-11,17-18,20,37H2,1-2H3/t24?,27?,32-/m1/s1. The summed E-state index contributed by atoms with van der Waals surface area (Å²) >= 11 is 0. The van der Waals surface area contributed by atoms with E-state index in [0.29, 0.717) is 53.5 Å². The van der Waals surface area contributed by atoms with Crippen LogP contribution in [0, 0.1) is 11.8 Å². The fourth-order valence-electron chi connectivity index (χ4n) is 7.72. The molecule has 1 saturated heterocycles. The molecule has 5 aromatic heterocycles. The van der Waals surface area contributed by atoms with Crippen LogP contribution in [0.1, 0.15) is 41.6 Å². The first-order valence-electron chi connectivity index (χ1n) is 16.6. The van der Waals surface area contributed by atoms with Gasteiger partial charge < -0.3 is 29.2 Å². The molecule has 0 spiro atoms. The average molecular weight is 644 g/mol. The van der Waals surface area contributed by atoms with Crippen molar-refractivity contribution >= 4 is 28.0 Å². The van der Waals surface area contributed by atoms with Gasteiger partial charge in [-0.1, -0.05) is 6.07 Å². The van der Waals surface area contributed by atoms with Crippen molar-refractivity contribution < 1.29 is 14.3 Å². The Hall–Kier alpha value is -5.23. The summed E-state index contributed by atoms with van der Waals surface area (Å²) in [6.45, 7) is 2.03. The smallest absolute Gasteiger partial charge is 0.254 e. The Balaban J connectivity index is 1.19.